The number of urea groups is 1. The second-order valence-electron chi connectivity index (χ2n) is 9.21. The van der Waals surface area contributed by atoms with E-state index in [4.69, 9.17) is 16.3 Å². The molecule has 1 aliphatic heterocycles. The van der Waals surface area contributed by atoms with Crippen LogP contribution < -0.4 is 16.0 Å². The van der Waals surface area contributed by atoms with Crippen LogP contribution in [0.2, 0.25) is 5.02 Å². The summed E-state index contributed by atoms with van der Waals surface area (Å²) in [4.78, 5) is 37.4. The van der Waals surface area contributed by atoms with E-state index in [1.807, 2.05) is 53.8 Å². The van der Waals surface area contributed by atoms with Gasteiger partial charge < -0.3 is 35.1 Å². The minimum atomic E-state index is -4.48. The van der Waals surface area contributed by atoms with E-state index in [1.54, 1.807) is 32.3 Å². The van der Waals surface area contributed by atoms with E-state index in [-0.39, 0.29) is 12.6 Å². The summed E-state index contributed by atoms with van der Waals surface area (Å²) >= 11 is 5.88. The maximum absolute atomic E-state index is 12.8. The molecule has 0 spiro atoms. The minimum Gasteiger partial charge on any atom is -0.463 e. The maximum Gasteiger partial charge on any atom is 0.410 e. The predicted octanol–water partition coefficient (Wildman–Crippen LogP) is 4.93. The highest BCUT2D eigenvalue weighted by molar-refractivity contribution is 6.31. The van der Waals surface area contributed by atoms with Crippen LogP contribution in [0.1, 0.15) is 28.8 Å². The molecule has 10 nitrogen and oxygen atoms in total. The molecule has 2 heterocycles. The molecule has 1 saturated heterocycles. The fourth-order valence-electron chi connectivity index (χ4n) is 4.05. The number of anilines is 1. The van der Waals surface area contributed by atoms with Crippen molar-refractivity contribution < 1.29 is 37.0 Å². The average molecular weight is 638 g/mol. The van der Waals surface area contributed by atoms with E-state index in [0.717, 1.165) is 22.3 Å². The fourth-order valence-corrected chi connectivity index (χ4v) is 4.31. The SMILES string of the molecule is CN[C@H](C=O)c1ccccc1Cl.CNc1cc(C(COC)N2CC(C(F)(F)F)NC2=O)ccn1.O=COCc1ccccc1. The van der Waals surface area contributed by atoms with Gasteiger partial charge in [0.25, 0.3) is 6.47 Å². The first-order chi connectivity index (χ1) is 21.1. The third-order valence-electron chi connectivity index (χ3n) is 6.31. The summed E-state index contributed by atoms with van der Waals surface area (Å²) in [5, 5.41) is 8.28. The minimum absolute atomic E-state index is 0.0885. The van der Waals surface area contributed by atoms with Crippen molar-refractivity contribution in [1.82, 2.24) is 20.5 Å². The molecule has 4 rings (SSSR count). The molecule has 1 aliphatic rings. The number of aldehydes is 1. The number of pyridine rings is 1. The molecule has 1 aromatic heterocycles. The quantitative estimate of drug-likeness (QED) is 0.253. The van der Waals surface area contributed by atoms with Gasteiger partial charge in [-0.2, -0.15) is 13.2 Å². The van der Waals surface area contributed by atoms with Crippen molar-refractivity contribution in [2.45, 2.75) is 30.9 Å². The highest BCUT2D eigenvalue weighted by atomic mass is 35.5. The van der Waals surface area contributed by atoms with Gasteiger partial charge in [0.2, 0.25) is 0 Å². The van der Waals surface area contributed by atoms with E-state index in [2.05, 4.69) is 20.4 Å². The van der Waals surface area contributed by atoms with E-state index < -0.39 is 30.8 Å². The van der Waals surface area contributed by atoms with Gasteiger partial charge in [0.15, 0.2) is 0 Å². The molecule has 14 heteroatoms. The van der Waals surface area contributed by atoms with Crippen LogP contribution in [-0.2, 0) is 25.7 Å². The van der Waals surface area contributed by atoms with Gasteiger partial charge >= 0.3 is 12.2 Å². The zero-order valence-corrected chi connectivity index (χ0v) is 25.1. The molecule has 3 aromatic rings. The summed E-state index contributed by atoms with van der Waals surface area (Å²) < 4.78 is 48.0. The lowest BCUT2D eigenvalue weighted by molar-refractivity contribution is -0.150. The van der Waals surface area contributed by atoms with Gasteiger partial charge in [0.1, 0.15) is 24.8 Å². The number of likely N-dealkylation sites (N-methyl/N-ethyl adjacent to an activating group) is 1. The van der Waals surface area contributed by atoms with Gasteiger partial charge in [0.05, 0.1) is 25.2 Å². The van der Waals surface area contributed by atoms with Crippen LogP contribution in [0.4, 0.5) is 23.8 Å². The van der Waals surface area contributed by atoms with Crippen LogP contribution in [0.5, 0.6) is 0 Å². The monoisotopic (exact) mass is 637 g/mol. The number of nitrogens with one attached hydrogen (secondary N) is 3. The Labute approximate surface area is 258 Å². The van der Waals surface area contributed by atoms with E-state index >= 15 is 0 Å². The first-order valence-corrected chi connectivity index (χ1v) is 13.7. The van der Waals surface area contributed by atoms with Gasteiger partial charge in [-0.1, -0.05) is 60.1 Å². The number of methoxy groups -OCH3 is 1. The highest BCUT2D eigenvalue weighted by Gasteiger charge is 2.48. The summed E-state index contributed by atoms with van der Waals surface area (Å²) in [7, 11) is 4.84. The standard InChI is InChI=1S/C13H17F3N4O2.C9H10ClNO.C8H8O2/c1-17-11-5-8(3-4-18-11)9(7-22-2)20-6-10(13(14,15)16)19-12(20)21;1-11-9(6-12)7-4-2-3-5-8(7)10;9-7-10-6-8-4-2-1-3-5-8/h3-5,9-10H,6-7H2,1-2H3,(H,17,18)(H,19,21);2-6,9,11H,1H3;1-5,7H,6H2/t;9-;/m.1./s1. The normalized spacial score (nSPS) is 15.4. The summed E-state index contributed by atoms with van der Waals surface area (Å²) in [6.07, 6.45) is -2.11. The molecule has 3 atom stereocenters. The number of hydrogen-bond donors (Lipinski definition) is 3. The third-order valence-corrected chi connectivity index (χ3v) is 6.65. The van der Waals surface area contributed by atoms with Crippen LogP contribution >= 0.6 is 11.6 Å². The van der Waals surface area contributed by atoms with Crippen LogP contribution in [-0.4, -0.2) is 75.2 Å². The molecule has 0 bridgehead atoms. The Morgan fingerprint density at radius 3 is 2.34 bits per heavy atom. The summed E-state index contributed by atoms with van der Waals surface area (Å²) in [6, 6.07) is 16.6. The Hall–Kier alpha value is -4.20. The number of aromatic nitrogens is 1. The number of hydrogen-bond acceptors (Lipinski definition) is 8. The van der Waals surface area contributed by atoms with Crippen LogP contribution in [0.15, 0.2) is 72.9 Å². The Morgan fingerprint density at radius 2 is 1.80 bits per heavy atom. The van der Waals surface area contributed by atoms with Crippen molar-refractivity contribution in [2.24, 2.45) is 0 Å². The smallest absolute Gasteiger partial charge is 0.410 e. The van der Waals surface area contributed by atoms with Gasteiger partial charge in [-0.3, -0.25) is 4.79 Å². The number of rotatable bonds is 11. The molecule has 2 amide bonds. The predicted molar refractivity (Wildman–Crippen MR) is 160 cm³/mol. The summed E-state index contributed by atoms with van der Waals surface area (Å²) in [5.74, 6) is 0.561. The van der Waals surface area contributed by atoms with Gasteiger partial charge in [-0.25, -0.2) is 9.78 Å². The number of amides is 2. The van der Waals surface area contributed by atoms with Crippen molar-refractivity contribution in [3.8, 4) is 0 Å². The molecule has 0 aliphatic carbocycles. The number of carbonyl (C=O) groups is 3. The van der Waals surface area contributed by atoms with Crippen LogP contribution in [0.25, 0.3) is 0 Å². The van der Waals surface area contributed by atoms with Gasteiger partial charge in [-0.05, 0) is 41.9 Å². The molecule has 3 N–H and O–H groups in total. The number of alkyl halides is 3. The van der Waals surface area contributed by atoms with E-state index in [1.165, 1.54) is 13.3 Å². The first-order valence-electron chi connectivity index (χ1n) is 13.3. The van der Waals surface area contributed by atoms with E-state index in [9.17, 15) is 27.6 Å². The van der Waals surface area contributed by atoms with Crippen LogP contribution in [0.3, 0.4) is 0 Å². The second-order valence-corrected chi connectivity index (χ2v) is 9.62. The number of halogens is 4. The number of ether oxygens (including phenoxy) is 2. The lowest BCUT2D eigenvalue weighted by atomic mass is 10.1. The van der Waals surface area contributed by atoms with Gasteiger partial charge in [0, 0.05) is 25.4 Å². The highest BCUT2D eigenvalue weighted by Crippen LogP contribution is 2.30. The van der Waals surface area contributed by atoms with Crippen molar-refractivity contribution in [3.63, 3.8) is 0 Å². The Balaban J connectivity index is 0.000000257. The molecule has 0 radical (unpaired) electrons. The third kappa shape index (κ3) is 11.1. The molecular weight excluding hydrogens is 603 g/mol. The lowest BCUT2D eigenvalue weighted by Gasteiger charge is -2.27. The molecule has 2 aromatic carbocycles. The molecule has 44 heavy (non-hydrogen) atoms. The summed E-state index contributed by atoms with van der Waals surface area (Å²) in [6.45, 7) is 0.454. The largest absolute Gasteiger partial charge is 0.463 e. The number of nitrogens with zero attached hydrogens (tertiary/aromatic N) is 2. The molecular formula is C30H35ClF3N5O5. The van der Waals surface area contributed by atoms with Gasteiger partial charge in [-0.15, -0.1) is 0 Å². The number of benzene rings is 2. The fraction of sp³-hybridized carbons (Fsp3) is 0.333. The molecule has 1 fully saturated rings. The Morgan fingerprint density at radius 1 is 1.11 bits per heavy atom. The maximum atomic E-state index is 12.8. The van der Waals surface area contributed by atoms with Crippen LogP contribution in [0, 0.1) is 0 Å². The summed E-state index contributed by atoms with van der Waals surface area (Å²) in [5.41, 5.74) is 2.48. The number of carbonyl (C=O) groups excluding carboxylic acids is 3. The molecule has 238 valence electrons. The van der Waals surface area contributed by atoms with Crippen molar-refractivity contribution in [1.29, 1.82) is 0 Å². The van der Waals surface area contributed by atoms with Crippen molar-refractivity contribution in [2.75, 3.05) is 39.7 Å². The topological polar surface area (TPSA) is 122 Å². The zero-order valence-electron chi connectivity index (χ0n) is 24.4. The second kappa shape index (κ2) is 18.5. The Kier molecular flexibility index (Phi) is 15.1. The first kappa shape index (κ1) is 36.0. The molecule has 0 saturated carbocycles. The Bertz CT molecular complexity index is 1320. The average Bonchev–Trinajstić information content (AvgIpc) is 3.43. The van der Waals surface area contributed by atoms with E-state index in [0.29, 0.717) is 29.5 Å². The molecule has 2 unspecified atom stereocenters. The van der Waals surface area contributed by atoms with Crippen molar-refractivity contribution >= 4 is 36.2 Å². The lowest BCUT2D eigenvalue weighted by Crippen LogP contribution is -2.40. The zero-order chi connectivity index (χ0) is 32.5. The van der Waals surface area contributed by atoms with Crippen molar-refractivity contribution in [3.05, 3.63) is 94.6 Å².